The number of alkyl halides is 1. The first-order chi connectivity index (χ1) is 8.04. The highest BCUT2D eigenvalue weighted by Crippen LogP contribution is 2.27. The normalized spacial score (nSPS) is 42.7. The topological polar surface area (TPSA) is 102 Å². The molecule has 0 spiro atoms. The number of aliphatic hydroxyl groups excluding tert-OH is 3. The maximum absolute atomic E-state index is 13.7. The van der Waals surface area contributed by atoms with Crippen LogP contribution in [0.3, 0.4) is 0 Å². The molecule has 5 atom stereocenters. The lowest BCUT2D eigenvalue weighted by Crippen LogP contribution is -2.57. The van der Waals surface area contributed by atoms with Crippen molar-refractivity contribution in [2.75, 3.05) is 13.2 Å². The highest BCUT2D eigenvalue weighted by atomic mass is 19.1. The van der Waals surface area contributed by atoms with E-state index in [2.05, 4.69) is 5.32 Å². The molecule has 98 valence electrons. The number of carbonyl (C=O) groups excluding carboxylic acids is 1. The average Bonchev–Trinajstić information content (AvgIpc) is 2.57. The summed E-state index contributed by atoms with van der Waals surface area (Å²) in [6.07, 6.45) is -6.18. The van der Waals surface area contributed by atoms with E-state index in [1.807, 2.05) is 0 Å². The third-order valence-electron chi connectivity index (χ3n) is 2.98. The van der Waals surface area contributed by atoms with Gasteiger partial charge in [-0.15, -0.1) is 0 Å². The van der Waals surface area contributed by atoms with E-state index in [1.165, 1.54) is 0 Å². The number of halogens is 1. The van der Waals surface area contributed by atoms with E-state index in [1.54, 1.807) is 0 Å². The SMILES string of the molecule is O=C1N[C@H](O)CCN1C1O[C@H](CO)[C@@H](O)[C@H]1F. The molecule has 1 unspecified atom stereocenters. The molecule has 2 aliphatic rings. The van der Waals surface area contributed by atoms with Crippen LogP contribution < -0.4 is 5.32 Å². The van der Waals surface area contributed by atoms with Gasteiger partial charge in [0.25, 0.3) is 0 Å². The molecule has 2 rings (SSSR count). The molecule has 2 heterocycles. The summed E-state index contributed by atoms with van der Waals surface area (Å²) in [7, 11) is 0. The number of hydrogen-bond acceptors (Lipinski definition) is 5. The van der Waals surface area contributed by atoms with Gasteiger partial charge in [-0.05, 0) is 0 Å². The van der Waals surface area contributed by atoms with Gasteiger partial charge in [0.05, 0.1) is 6.61 Å². The number of nitrogens with zero attached hydrogens (tertiary/aromatic N) is 1. The fourth-order valence-corrected chi connectivity index (χ4v) is 2.01. The molecule has 7 nitrogen and oxygen atoms in total. The molecule has 0 bridgehead atoms. The van der Waals surface area contributed by atoms with E-state index in [9.17, 15) is 19.4 Å². The summed E-state index contributed by atoms with van der Waals surface area (Å²) >= 11 is 0. The minimum absolute atomic E-state index is 0.128. The van der Waals surface area contributed by atoms with E-state index < -0.39 is 43.5 Å². The lowest BCUT2D eigenvalue weighted by Gasteiger charge is -2.34. The molecule has 0 aromatic rings. The van der Waals surface area contributed by atoms with Gasteiger partial charge in [-0.2, -0.15) is 0 Å². The first-order valence-electron chi connectivity index (χ1n) is 5.38. The van der Waals surface area contributed by atoms with Crippen LogP contribution in [0.1, 0.15) is 6.42 Å². The van der Waals surface area contributed by atoms with Gasteiger partial charge in [0, 0.05) is 13.0 Å². The molecular weight excluding hydrogens is 235 g/mol. The highest BCUT2D eigenvalue weighted by Gasteiger charge is 2.48. The van der Waals surface area contributed by atoms with Crippen molar-refractivity contribution in [2.24, 2.45) is 0 Å². The monoisotopic (exact) mass is 250 g/mol. The van der Waals surface area contributed by atoms with Crippen LogP contribution in [0.2, 0.25) is 0 Å². The molecule has 0 aromatic heterocycles. The second-order valence-corrected chi connectivity index (χ2v) is 4.13. The summed E-state index contributed by atoms with van der Waals surface area (Å²) in [4.78, 5) is 12.6. The number of urea groups is 1. The fourth-order valence-electron chi connectivity index (χ4n) is 2.01. The Hall–Kier alpha value is -0.960. The largest absolute Gasteiger partial charge is 0.394 e. The van der Waals surface area contributed by atoms with Gasteiger partial charge in [-0.3, -0.25) is 4.90 Å². The molecule has 2 fully saturated rings. The molecule has 0 radical (unpaired) electrons. The van der Waals surface area contributed by atoms with E-state index in [0.29, 0.717) is 0 Å². The van der Waals surface area contributed by atoms with Crippen molar-refractivity contribution in [3.63, 3.8) is 0 Å². The third kappa shape index (κ3) is 2.21. The van der Waals surface area contributed by atoms with Crippen molar-refractivity contribution in [1.82, 2.24) is 10.2 Å². The Morgan fingerprint density at radius 3 is 2.76 bits per heavy atom. The Labute approximate surface area is 96.8 Å². The van der Waals surface area contributed by atoms with Crippen molar-refractivity contribution in [2.45, 2.75) is 37.3 Å². The minimum atomic E-state index is -1.77. The summed E-state index contributed by atoms with van der Waals surface area (Å²) in [5, 5.41) is 29.7. The zero-order valence-corrected chi connectivity index (χ0v) is 8.99. The fraction of sp³-hybridized carbons (Fsp3) is 0.889. The van der Waals surface area contributed by atoms with Crippen LogP contribution >= 0.6 is 0 Å². The predicted molar refractivity (Wildman–Crippen MR) is 52.5 cm³/mol. The Kier molecular flexibility index (Phi) is 3.48. The zero-order chi connectivity index (χ0) is 12.6. The quantitative estimate of drug-likeness (QED) is 0.460. The van der Waals surface area contributed by atoms with Crippen LogP contribution in [0, 0.1) is 0 Å². The Bertz CT molecular complexity index is 305. The summed E-state index contributed by atoms with van der Waals surface area (Å²) < 4.78 is 18.8. The van der Waals surface area contributed by atoms with E-state index in [4.69, 9.17) is 9.84 Å². The number of ether oxygens (including phenoxy) is 1. The highest BCUT2D eigenvalue weighted by molar-refractivity contribution is 5.75. The van der Waals surface area contributed by atoms with Gasteiger partial charge in [-0.25, -0.2) is 9.18 Å². The molecule has 2 saturated heterocycles. The van der Waals surface area contributed by atoms with Gasteiger partial charge >= 0.3 is 6.03 Å². The molecule has 4 N–H and O–H groups in total. The van der Waals surface area contributed by atoms with Gasteiger partial charge in [0.2, 0.25) is 0 Å². The Morgan fingerprint density at radius 1 is 1.53 bits per heavy atom. The average molecular weight is 250 g/mol. The number of carbonyl (C=O) groups is 1. The molecule has 0 aromatic carbocycles. The number of hydrogen-bond donors (Lipinski definition) is 4. The van der Waals surface area contributed by atoms with Crippen LogP contribution in [-0.4, -0.2) is 70.2 Å². The van der Waals surface area contributed by atoms with Crippen LogP contribution in [0.25, 0.3) is 0 Å². The Balaban J connectivity index is 2.05. The first kappa shape index (κ1) is 12.5. The van der Waals surface area contributed by atoms with Crippen molar-refractivity contribution in [3.05, 3.63) is 0 Å². The molecule has 0 aliphatic carbocycles. The summed E-state index contributed by atoms with van der Waals surface area (Å²) in [5.74, 6) is 0. The lowest BCUT2D eigenvalue weighted by atomic mass is 10.1. The minimum Gasteiger partial charge on any atom is -0.394 e. The van der Waals surface area contributed by atoms with E-state index >= 15 is 0 Å². The van der Waals surface area contributed by atoms with Gasteiger partial charge < -0.3 is 25.4 Å². The molecule has 2 aliphatic heterocycles. The maximum Gasteiger partial charge on any atom is 0.321 e. The second kappa shape index (κ2) is 4.73. The number of rotatable bonds is 2. The van der Waals surface area contributed by atoms with Crippen molar-refractivity contribution < 1.29 is 29.2 Å². The van der Waals surface area contributed by atoms with Gasteiger partial charge in [0.15, 0.2) is 12.4 Å². The summed E-state index contributed by atoms with van der Waals surface area (Å²) in [6, 6.07) is -0.651. The molecule has 2 amide bonds. The third-order valence-corrected chi connectivity index (χ3v) is 2.98. The molecule has 8 heteroatoms. The van der Waals surface area contributed by atoms with Crippen molar-refractivity contribution in [3.8, 4) is 0 Å². The van der Waals surface area contributed by atoms with Crippen LogP contribution in [0.4, 0.5) is 9.18 Å². The smallest absolute Gasteiger partial charge is 0.321 e. The van der Waals surface area contributed by atoms with E-state index in [-0.39, 0.29) is 13.0 Å². The first-order valence-corrected chi connectivity index (χ1v) is 5.38. The number of aliphatic hydroxyl groups is 3. The molecular formula is C9H15FN2O5. The van der Waals surface area contributed by atoms with Crippen molar-refractivity contribution >= 4 is 6.03 Å². The van der Waals surface area contributed by atoms with Crippen LogP contribution in [0.5, 0.6) is 0 Å². The summed E-state index contributed by atoms with van der Waals surface area (Å²) in [5.41, 5.74) is 0. The maximum atomic E-state index is 13.7. The van der Waals surface area contributed by atoms with Crippen LogP contribution in [-0.2, 0) is 4.74 Å². The molecule has 0 saturated carbocycles. The number of nitrogens with one attached hydrogen (secondary N) is 1. The summed E-state index contributed by atoms with van der Waals surface area (Å²) in [6.45, 7) is -0.390. The van der Waals surface area contributed by atoms with Crippen molar-refractivity contribution in [1.29, 1.82) is 0 Å². The zero-order valence-electron chi connectivity index (χ0n) is 8.99. The second-order valence-electron chi connectivity index (χ2n) is 4.13. The number of amides is 2. The Morgan fingerprint density at radius 2 is 2.24 bits per heavy atom. The standard InChI is InChI=1S/C9H15FN2O5/c10-6-7(15)4(3-13)17-8(6)12-2-1-5(14)11-9(12)16/h4-8,13-15H,1-3H2,(H,11,16)/t4-,5-,6-,7-,8?/m1/s1. The predicted octanol–water partition coefficient (Wildman–Crippen LogP) is -1.86. The molecule has 17 heavy (non-hydrogen) atoms. The van der Waals surface area contributed by atoms with Gasteiger partial charge in [-0.1, -0.05) is 0 Å². The van der Waals surface area contributed by atoms with Crippen LogP contribution in [0.15, 0.2) is 0 Å². The van der Waals surface area contributed by atoms with Gasteiger partial charge in [0.1, 0.15) is 18.4 Å². The lowest BCUT2D eigenvalue weighted by molar-refractivity contribution is -0.0804. The van der Waals surface area contributed by atoms with E-state index in [0.717, 1.165) is 4.90 Å².